The highest BCUT2D eigenvalue weighted by atomic mass is 35.5. The summed E-state index contributed by atoms with van der Waals surface area (Å²) in [7, 11) is -3.38. The van der Waals surface area contributed by atoms with Gasteiger partial charge in [0.2, 0.25) is 16.6 Å². The SMILES string of the molecule is C[n+]1cc(-c2ccc(OC[C@@](C)(O/N=C(\C(=O)N[C@@H]3C(=O)N(OS(=O)(=O)[O-])C3(C)C)c3nc(N)sc3Cl)C(=O)O)cc2)cn1CCCN. The normalized spacial score (nSPS) is 17.4. The standard InChI is InChI=1S/C27H33ClN8O10S2/c1-26(2)20(23(38)36(26)46-48(41,42)43)32-22(37)19(18-21(28)47-25(30)31-18)33-45-27(3,24(39)40)14-44-17-8-6-15(7-9-17)16-12-34(4)35(13-16)11-5-10-29/h6-9,12-13,20H,5,10-11,14,29H2,1-4H3,(H4-,30,31,32,37,39,40,41,42,43)/b33-19-/t20-,27-/m1/s1. The maximum absolute atomic E-state index is 13.4. The molecule has 18 nitrogen and oxygen atoms in total. The number of benzene rings is 1. The molecule has 1 fully saturated rings. The van der Waals surface area contributed by atoms with Gasteiger partial charge >= 0.3 is 5.97 Å². The minimum Gasteiger partial charge on any atom is -0.724 e. The Morgan fingerprint density at radius 1 is 1.29 bits per heavy atom. The molecule has 1 saturated heterocycles. The topological polar surface area (TPSA) is 258 Å². The van der Waals surface area contributed by atoms with E-state index in [-0.39, 0.29) is 15.2 Å². The summed E-state index contributed by atoms with van der Waals surface area (Å²) in [4.78, 5) is 47.6. The number of thiazole rings is 1. The molecule has 2 atom stereocenters. The molecule has 0 radical (unpaired) electrons. The lowest BCUT2D eigenvalue weighted by atomic mass is 9.84. The van der Waals surface area contributed by atoms with Gasteiger partial charge in [-0.25, -0.2) is 18.2 Å². The van der Waals surface area contributed by atoms with E-state index < -0.39 is 57.7 Å². The van der Waals surface area contributed by atoms with Crippen LogP contribution in [0, 0.1) is 0 Å². The van der Waals surface area contributed by atoms with Gasteiger partial charge in [-0.15, -0.1) is 4.68 Å². The number of nitrogens with one attached hydrogen (secondary N) is 1. The molecule has 1 aliphatic rings. The number of nitrogens with zero attached hydrogens (tertiary/aromatic N) is 5. The van der Waals surface area contributed by atoms with Crippen molar-refractivity contribution in [3.8, 4) is 16.9 Å². The molecule has 2 amide bonds. The lowest BCUT2D eigenvalue weighted by Gasteiger charge is -2.51. The maximum Gasteiger partial charge on any atom is 0.354 e. The number of nitrogens with two attached hydrogens (primary N) is 2. The summed E-state index contributed by atoms with van der Waals surface area (Å²) < 4.78 is 46.8. The first kappa shape index (κ1) is 36.5. The monoisotopic (exact) mass is 728 g/mol. The summed E-state index contributed by atoms with van der Waals surface area (Å²) in [5.41, 5.74) is 8.57. The van der Waals surface area contributed by atoms with Gasteiger partial charge in [-0.1, -0.05) is 40.2 Å². The lowest BCUT2D eigenvalue weighted by Crippen LogP contribution is -2.76. The largest absolute Gasteiger partial charge is 0.724 e. The number of carbonyl (C=O) groups is 3. The first-order valence-electron chi connectivity index (χ1n) is 14.1. The predicted molar refractivity (Wildman–Crippen MR) is 169 cm³/mol. The first-order valence-corrected chi connectivity index (χ1v) is 16.6. The molecule has 0 aliphatic carbocycles. The number of aryl methyl sites for hydroxylation is 2. The number of carbonyl (C=O) groups excluding carboxylic acids is 2. The number of anilines is 1. The third-order valence-corrected chi connectivity index (χ3v) is 8.68. The number of carboxylic acid groups (broad SMARTS) is 1. The van der Waals surface area contributed by atoms with Gasteiger partial charge in [0.25, 0.3) is 17.4 Å². The van der Waals surface area contributed by atoms with E-state index in [9.17, 15) is 32.5 Å². The number of rotatable bonds is 15. The molecule has 48 heavy (non-hydrogen) atoms. The highest BCUT2D eigenvalue weighted by molar-refractivity contribution is 7.80. The van der Waals surface area contributed by atoms with E-state index in [4.69, 9.17) is 32.6 Å². The smallest absolute Gasteiger partial charge is 0.354 e. The van der Waals surface area contributed by atoms with Crippen LogP contribution in [0.5, 0.6) is 5.75 Å². The zero-order chi connectivity index (χ0) is 35.6. The van der Waals surface area contributed by atoms with Crippen molar-refractivity contribution in [2.45, 2.75) is 50.9 Å². The van der Waals surface area contributed by atoms with Crippen molar-refractivity contribution in [3.05, 3.63) is 46.7 Å². The minimum absolute atomic E-state index is 0.0653. The van der Waals surface area contributed by atoms with Crippen molar-refractivity contribution < 1.29 is 51.0 Å². The Hall–Kier alpha value is -4.34. The zero-order valence-corrected chi connectivity index (χ0v) is 28.5. The van der Waals surface area contributed by atoms with Crippen molar-refractivity contribution in [1.82, 2.24) is 20.0 Å². The van der Waals surface area contributed by atoms with Gasteiger partial charge in [-0.2, -0.15) is 14.0 Å². The van der Waals surface area contributed by atoms with Crippen molar-refractivity contribution in [2.75, 3.05) is 18.9 Å². The van der Waals surface area contributed by atoms with E-state index in [1.807, 2.05) is 28.8 Å². The molecule has 3 heterocycles. The summed E-state index contributed by atoms with van der Waals surface area (Å²) in [6, 6.07) is 5.49. The molecule has 1 aromatic carbocycles. The third-order valence-electron chi connectivity index (χ3n) is 7.26. The first-order chi connectivity index (χ1) is 22.4. The van der Waals surface area contributed by atoms with Crippen LogP contribution in [-0.2, 0) is 47.5 Å². The van der Waals surface area contributed by atoms with Crippen LogP contribution in [0.4, 0.5) is 5.13 Å². The minimum atomic E-state index is -5.29. The summed E-state index contributed by atoms with van der Waals surface area (Å²) in [6.07, 6.45) is 4.76. The van der Waals surface area contributed by atoms with Gasteiger partial charge in [0, 0.05) is 0 Å². The van der Waals surface area contributed by atoms with Crippen LogP contribution in [0.2, 0.25) is 4.34 Å². The van der Waals surface area contributed by atoms with Crippen molar-refractivity contribution in [1.29, 1.82) is 0 Å². The van der Waals surface area contributed by atoms with E-state index >= 15 is 0 Å². The number of hydroxylamine groups is 2. The van der Waals surface area contributed by atoms with Crippen molar-refractivity contribution in [3.63, 3.8) is 0 Å². The van der Waals surface area contributed by atoms with Crippen molar-refractivity contribution in [2.24, 2.45) is 17.9 Å². The number of aromatic nitrogens is 3. The number of β-lactam (4-membered cyclic amide) rings is 1. The Balaban J connectivity index is 1.51. The van der Waals surface area contributed by atoms with Crippen LogP contribution in [-0.4, -0.2) is 86.6 Å². The van der Waals surface area contributed by atoms with E-state index in [2.05, 4.69) is 19.7 Å². The molecule has 260 valence electrons. The van der Waals surface area contributed by atoms with Gasteiger partial charge in [0.05, 0.1) is 23.8 Å². The molecule has 2 aromatic heterocycles. The molecule has 4 rings (SSSR count). The van der Waals surface area contributed by atoms with Crippen LogP contribution >= 0.6 is 22.9 Å². The number of oxime groups is 1. The number of nitrogen functional groups attached to an aromatic ring is 1. The summed E-state index contributed by atoms with van der Waals surface area (Å²) in [5, 5.41) is 16.3. The molecule has 0 unspecified atom stereocenters. The summed E-state index contributed by atoms with van der Waals surface area (Å²) in [5.74, 6) is -3.37. The van der Waals surface area contributed by atoms with Gasteiger partial charge in [-0.3, -0.25) is 9.59 Å². The molecular formula is C27H33ClN8O10S2. The van der Waals surface area contributed by atoms with E-state index in [1.165, 1.54) is 13.8 Å². The Morgan fingerprint density at radius 2 is 1.96 bits per heavy atom. The fourth-order valence-corrected chi connectivity index (χ4v) is 5.87. The maximum atomic E-state index is 13.4. The fourth-order valence-electron chi connectivity index (χ4n) is 4.50. The van der Waals surface area contributed by atoms with Crippen LogP contribution < -0.4 is 26.2 Å². The Morgan fingerprint density at radius 3 is 2.50 bits per heavy atom. The number of ether oxygens (including phenoxy) is 1. The van der Waals surface area contributed by atoms with Crippen LogP contribution in [0.3, 0.4) is 0 Å². The Labute approximate surface area is 283 Å². The van der Waals surface area contributed by atoms with Gasteiger partial charge in [0.15, 0.2) is 17.9 Å². The number of hydrogen-bond donors (Lipinski definition) is 4. The molecule has 1 aliphatic heterocycles. The molecule has 0 spiro atoms. The zero-order valence-electron chi connectivity index (χ0n) is 26.1. The number of hydrogen-bond acceptors (Lipinski definition) is 14. The number of aliphatic carboxylic acids is 1. The van der Waals surface area contributed by atoms with E-state index in [1.54, 1.807) is 24.3 Å². The van der Waals surface area contributed by atoms with E-state index in [0.717, 1.165) is 42.4 Å². The second-order valence-corrected chi connectivity index (χ2v) is 13.9. The average molecular weight is 729 g/mol. The second kappa shape index (κ2) is 14.0. The summed E-state index contributed by atoms with van der Waals surface area (Å²) in [6.45, 7) is 4.55. The lowest BCUT2D eigenvalue weighted by molar-refractivity contribution is -0.753. The van der Waals surface area contributed by atoms with Crippen LogP contribution in [0.25, 0.3) is 11.1 Å². The molecule has 6 N–H and O–H groups in total. The highest BCUT2D eigenvalue weighted by Gasteiger charge is 2.57. The van der Waals surface area contributed by atoms with Crippen LogP contribution in [0.15, 0.2) is 41.8 Å². The molecular weight excluding hydrogens is 696 g/mol. The number of amides is 2. The predicted octanol–water partition coefficient (Wildman–Crippen LogP) is 0.161. The molecule has 21 heteroatoms. The van der Waals surface area contributed by atoms with Crippen LogP contribution in [0.1, 0.15) is 32.9 Å². The van der Waals surface area contributed by atoms with Gasteiger partial charge in [0.1, 0.15) is 28.4 Å². The Kier molecular flexibility index (Phi) is 10.7. The fraction of sp³-hybridized carbons (Fsp3) is 0.407. The highest BCUT2D eigenvalue weighted by Crippen LogP contribution is 2.33. The molecule has 0 saturated carbocycles. The molecule has 0 bridgehead atoms. The summed E-state index contributed by atoms with van der Waals surface area (Å²) >= 11 is 6.99. The van der Waals surface area contributed by atoms with Gasteiger partial charge in [-0.05, 0) is 51.4 Å². The number of carboxylic acids is 1. The quantitative estimate of drug-likeness (QED) is 0.0407. The van der Waals surface area contributed by atoms with E-state index in [0.29, 0.717) is 17.4 Å². The number of halogens is 1. The molecule has 3 aromatic rings. The average Bonchev–Trinajstić information content (AvgIpc) is 3.55. The second-order valence-electron chi connectivity index (χ2n) is 11.3. The third kappa shape index (κ3) is 8.02. The van der Waals surface area contributed by atoms with Crippen molar-refractivity contribution >= 4 is 62.0 Å². The Bertz CT molecular complexity index is 1840. The van der Waals surface area contributed by atoms with Gasteiger partial charge < -0.3 is 36.0 Å².